The van der Waals surface area contributed by atoms with Gasteiger partial charge in [-0.2, -0.15) is 0 Å². The van der Waals surface area contributed by atoms with Crippen molar-refractivity contribution < 1.29 is 4.79 Å². The van der Waals surface area contributed by atoms with Crippen molar-refractivity contribution >= 4 is 17.2 Å². The molecule has 5 unspecified atom stereocenters. The van der Waals surface area contributed by atoms with Crippen LogP contribution in [-0.4, -0.2) is 11.9 Å². The molecule has 20 heavy (non-hydrogen) atoms. The summed E-state index contributed by atoms with van der Waals surface area (Å²) in [6.45, 7) is 0. The summed E-state index contributed by atoms with van der Waals surface area (Å²) in [5, 5.41) is 5.46. The molecule has 3 aliphatic rings. The van der Waals surface area contributed by atoms with Gasteiger partial charge in [-0.15, -0.1) is 11.3 Å². The first-order valence-corrected chi connectivity index (χ1v) is 8.74. The van der Waals surface area contributed by atoms with Crippen LogP contribution in [0.5, 0.6) is 0 Å². The summed E-state index contributed by atoms with van der Waals surface area (Å²) in [5.41, 5.74) is 7.64. The fourth-order valence-corrected chi connectivity index (χ4v) is 5.62. The third-order valence-electron chi connectivity index (χ3n) is 5.65. The number of thiophene rings is 1. The standard InChI is InChI=1S/C16H22N2OS/c17-15-10-5-4-9(8-10)14(15)16(19)18-12-2-1-3-13-11(12)6-7-20-13/h6-7,9-10,12,14-15H,1-5,8,17H2,(H,18,19). The largest absolute Gasteiger partial charge is 0.349 e. The van der Waals surface area contributed by atoms with Crippen molar-refractivity contribution in [1.29, 1.82) is 0 Å². The van der Waals surface area contributed by atoms with E-state index in [1.807, 2.05) is 11.3 Å². The molecule has 0 radical (unpaired) electrons. The summed E-state index contributed by atoms with van der Waals surface area (Å²) in [6.07, 6.45) is 7.03. The van der Waals surface area contributed by atoms with Crippen LogP contribution in [0.1, 0.15) is 48.6 Å². The number of nitrogens with one attached hydrogen (secondary N) is 1. The van der Waals surface area contributed by atoms with Gasteiger partial charge in [-0.05, 0) is 67.4 Å². The Morgan fingerprint density at radius 3 is 2.95 bits per heavy atom. The summed E-state index contributed by atoms with van der Waals surface area (Å²) >= 11 is 1.83. The first-order valence-electron chi connectivity index (χ1n) is 7.86. The highest BCUT2D eigenvalue weighted by Crippen LogP contribution is 2.48. The third-order valence-corrected chi connectivity index (χ3v) is 6.65. The normalized spacial score (nSPS) is 38.8. The molecule has 4 rings (SSSR count). The maximum atomic E-state index is 12.7. The van der Waals surface area contributed by atoms with Crippen molar-refractivity contribution in [3.05, 3.63) is 21.9 Å². The minimum absolute atomic E-state index is 0.0674. The van der Waals surface area contributed by atoms with Gasteiger partial charge in [0.05, 0.1) is 12.0 Å². The second-order valence-corrected chi connectivity index (χ2v) is 7.69. The lowest BCUT2D eigenvalue weighted by atomic mass is 9.83. The van der Waals surface area contributed by atoms with Gasteiger partial charge in [-0.3, -0.25) is 4.79 Å². The lowest BCUT2D eigenvalue weighted by Gasteiger charge is -2.30. The zero-order chi connectivity index (χ0) is 13.7. The number of aryl methyl sites for hydroxylation is 1. The number of fused-ring (bicyclic) bond motifs is 3. The van der Waals surface area contributed by atoms with Crippen molar-refractivity contribution in [3.8, 4) is 0 Å². The Kier molecular flexibility index (Phi) is 3.11. The maximum absolute atomic E-state index is 12.7. The molecule has 1 amide bonds. The monoisotopic (exact) mass is 290 g/mol. The molecular formula is C16H22N2OS. The van der Waals surface area contributed by atoms with E-state index in [1.165, 1.54) is 42.5 Å². The Bertz CT molecular complexity index is 524. The van der Waals surface area contributed by atoms with Gasteiger partial charge >= 0.3 is 0 Å². The molecule has 3 nitrogen and oxygen atoms in total. The van der Waals surface area contributed by atoms with Crippen molar-refractivity contribution in [2.24, 2.45) is 23.5 Å². The Morgan fingerprint density at radius 2 is 2.15 bits per heavy atom. The van der Waals surface area contributed by atoms with E-state index < -0.39 is 0 Å². The van der Waals surface area contributed by atoms with Crippen LogP contribution < -0.4 is 11.1 Å². The van der Waals surface area contributed by atoms with Crippen LogP contribution in [0, 0.1) is 17.8 Å². The molecule has 3 N–H and O–H groups in total. The molecule has 2 fully saturated rings. The highest BCUT2D eigenvalue weighted by molar-refractivity contribution is 7.10. The number of nitrogens with two attached hydrogens (primary N) is 1. The van der Waals surface area contributed by atoms with Gasteiger partial charge in [-0.25, -0.2) is 0 Å². The van der Waals surface area contributed by atoms with Crippen LogP contribution in [0.15, 0.2) is 11.4 Å². The van der Waals surface area contributed by atoms with E-state index in [1.54, 1.807) is 0 Å². The molecule has 2 bridgehead atoms. The van der Waals surface area contributed by atoms with Crippen LogP contribution in [0.3, 0.4) is 0 Å². The zero-order valence-corrected chi connectivity index (χ0v) is 12.5. The summed E-state index contributed by atoms with van der Waals surface area (Å²) < 4.78 is 0. The van der Waals surface area contributed by atoms with Crippen molar-refractivity contribution in [2.75, 3.05) is 0 Å². The highest BCUT2D eigenvalue weighted by Gasteiger charge is 2.49. The van der Waals surface area contributed by atoms with Gasteiger partial charge in [0.1, 0.15) is 0 Å². The molecule has 3 aliphatic carbocycles. The molecule has 1 heterocycles. The lowest BCUT2D eigenvalue weighted by Crippen LogP contribution is -2.46. The first-order chi connectivity index (χ1) is 9.74. The topological polar surface area (TPSA) is 55.1 Å². The van der Waals surface area contributed by atoms with Crippen LogP contribution >= 0.6 is 11.3 Å². The minimum atomic E-state index is 0.0674. The molecule has 0 saturated heterocycles. The summed E-state index contributed by atoms with van der Waals surface area (Å²) in [4.78, 5) is 14.1. The molecule has 2 saturated carbocycles. The molecule has 108 valence electrons. The SMILES string of the molecule is NC1C2CCC(C2)C1C(=O)NC1CCCc2sccc21. The van der Waals surface area contributed by atoms with Gasteiger partial charge in [-0.1, -0.05) is 0 Å². The van der Waals surface area contributed by atoms with Crippen LogP contribution in [0.4, 0.5) is 0 Å². The zero-order valence-electron chi connectivity index (χ0n) is 11.7. The quantitative estimate of drug-likeness (QED) is 0.879. The van der Waals surface area contributed by atoms with Gasteiger partial charge in [0.2, 0.25) is 5.91 Å². The maximum Gasteiger partial charge on any atom is 0.225 e. The van der Waals surface area contributed by atoms with Crippen molar-refractivity contribution in [1.82, 2.24) is 5.32 Å². The Labute approximate surface area is 123 Å². The molecule has 0 aliphatic heterocycles. The van der Waals surface area contributed by atoms with Gasteiger partial charge in [0.25, 0.3) is 0 Å². The third kappa shape index (κ3) is 1.92. The number of hydrogen-bond donors (Lipinski definition) is 2. The van der Waals surface area contributed by atoms with Crippen LogP contribution in [-0.2, 0) is 11.2 Å². The Balaban J connectivity index is 1.49. The number of carbonyl (C=O) groups excluding carboxylic acids is 1. The molecule has 4 heteroatoms. The number of amides is 1. The van der Waals surface area contributed by atoms with E-state index in [0.717, 1.165) is 6.42 Å². The average molecular weight is 290 g/mol. The van der Waals surface area contributed by atoms with E-state index in [0.29, 0.717) is 11.8 Å². The highest BCUT2D eigenvalue weighted by atomic mass is 32.1. The molecular weight excluding hydrogens is 268 g/mol. The van der Waals surface area contributed by atoms with E-state index >= 15 is 0 Å². The van der Waals surface area contributed by atoms with Crippen molar-refractivity contribution in [2.45, 2.75) is 50.6 Å². The predicted octanol–water partition coefficient (Wildman–Crippen LogP) is 2.62. The second-order valence-electron chi connectivity index (χ2n) is 6.69. The summed E-state index contributed by atoms with van der Waals surface area (Å²) in [6, 6.07) is 2.51. The smallest absolute Gasteiger partial charge is 0.225 e. The van der Waals surface area contributed by atoms with E-state index in [2.05, 4.69) is 16.8 Å². The molecule has 0 spiro atoms. The Morgan fingerprint density at radius 1 is 1.30 bits per heavy atom. The lowest BCUT2D eigenvalue weighted by molar-refractivity contribution is -0.127. The van der Waals surface area contributed by atoms with Crippen molar-refractivity contribution in [3.63, 3.8) is 0 Å². The second kappa shape index (κ2) is 4.85. The number of rotatable bonds is 2. The summed E-state index contributed by atoms with van der Waals surface area (Å²) in [7, 11) is 0. The molecule has 1 aromatic heterocycles. The molecule has 1 aromatic rings. The minimum Gasteiger partial charge on any atom is -0.349 e. The van der Waals surface area contributed by atoms with Gasteiger partial charge in [0, 0.05) is 10.9 Å². The Hall–Kier alpha value is -0.870. The predicted molar refractivity (Wildman–Crippen MR) is 80.4 cm³/mol. The van der Waals surface area contributed by atoms with E-state index in [9.17, 15) is 4.79 Å². The number of carbonyl (C=O) groups is 1. The van der Waals surface area contributed by atoms with Gasteiger partial charge in [0.15, 0.2) is 0 Å². The fraction of sp³-hybridized carbons (Fsp3) is 0.688. The van der Waals surface area contributed by atoms with Crippen LogP contribution in [0.25, 0.3) is 0 Å². The summed E-state index contributed by atoms with van der Waals surface area (Å²) in [5.74, 6) is 1.42. The van der Waals surface area contributed by atoms with Gasteiger partial charge < -0.3 is 11.1 Å². The van der Waals surface area contributed by atoms with Crippen LogP contribution in [0.2, 0.25) is 0 Å². The number of hydrogen-bond acceptors (Lipinski definition) is 3. The molecule has 0 aromatic carbocycles. The first kappa shape index (κ1) is 12.8. The molecule has 5 atom stereocenters. The average Bonchev–Trinajstić information content (AvgIpc) is 3.13. The van der Waals surface area contributed by atoms with E-state index in [4.69, 9.17) is 5.73 Å². The fourth-order valence-electron chi connectivity index (χ4n) is 4.63. The van der Waals surface area contributed by atoms with E-state index in [-0.39, 0.29) is 23.9 Å².